The van der Waals surface area contributed by atoms with Crippen molar-refractivity contribution in [2.45, 2.75) is 25.2 Å². The van der Waals surface area contributed by atoms with Crippen molar-refractivity contribution in [2.24, 2.45) is 0 Å². The monoisotopic (exact) mass is 288 g/mol. The molecule has 1 aliphatic rings. The third-order valence-electron chi connectivity index (χ3n) is 3.16. The first kappa shape index (κ1) is 13.1. The van der Waals surface area contributed by atoms with Gasteiger partial charge >= 0.3 is 0 Å². The van der Waals surface area contributed by atoms with Gasteiger partial charge in [0, 0.05) is 12.3 Å². The SMILES string of the molecule is N#Cc1sc(CCOc2ccc(F)cc2)nc1C1CC1. The van der Waals surface area contributed by atoms with Crippen LogP contribution in [0.15, 0.2) is 24.3 Å². The van der Waals surface area contributed by atoms with Gasteiger partial charge in [0.05, 0.1) is 17.3 Å². The number of hydrogen-bond donors (Lipinski definition) is 0. The maximum Gasteiger partial charge on any atom is 0.128 e. The largest absolute Gasteiger partial charge is 0.493 e. The lowest BCUT2D eigenvalue weighted by Gasteiger charge is -2.04. The van der Waals surface area contributed by atoms with E-state index >= 15 is 0 Å². The molecule has 0 aliphatic heterocycles. The number of halogens is 1. The summed E-state index contributed by atoms with van der Waals surface area (Å²) in [6.45, 7) is 0.480. The van der Waals surface area contributed by atoms with E-state index in [1.807, 2.05) is 0 Å². The first-order valence-corrected chi connectivity index (χ1v) is 7.36. The van der Waals surface area contributed by atoms with Crippen LogP contribution in [0.3, 0.4) is 0 Å². The molecule has 1 heterocycles. The van der Waals surface area contributed by atoms with Crippen LogP contribution in [0.1, 0.15) is 34.3 Å². The van der Waals surface area contributed by atoms with Gasteiger partial charge in [0.1, 0.15) is 22.5 Å². The van der Waals surface area contributed by atoms with Gasteiger partial charge in [-0.05, 0) is 37.1 Å². The molecule has 3 nitrogen and oxygen atoms in total. The zero-order valence-corrected chi connectivity index (χ0v) is 11.6. The maximum atomic E-state index is 12.7. The Labute approximate surface area is 120 Å². The molecule has 2 aromatic rings. The minimum absolute atomic E-state index is 0.273. The molecule has 3 rings (SSSR count). The summed E-state index contributed by atoms with van der Waals surface area (Å²) < 4.78 is 18.3. The van der Waals surface area contributed by atoms with Crippen molar-refractivity contribution >= 4 is 11.3 Å². The molecule has 20 heavy (non-hydrogen) atoms. The Morgan fingerprint density at radius 2 is 2.10 bits per heavy atom. The number of aromatic nitrogens is 1. The molecule has 0 saturated heterocycles. The molecule has 1 aliphatic carbocycles. The minimum Gasteiger partial charge on any atom is -0.493 e. The Balaban J connectivity index is 1.58. The summed E-state index contributed by atoms with van der Waals surface area (Å²) >= 11 is 1.45. The molecule has 0 spiro atoms. The zero-order valence-electron chi connectivity index (χ0n) is 10.8. The molecule has 0 bridgehead atoms. The predicted octanol–water partition coefficient (Wildman–Crippen LogP) is 3.65. The summed E-state index contributed by atoms with van der Waals surface area (Å²) in [6, 6.07) is 8.18. The Morgan fingerprint density at radius 3 is 2.75 bits per heavy atom. The van der Waals surface area contributed by atoms with Gasteiger partial charge in [-0.1, -0.05) is 0 Å². The first-order chi connectivity index (χ1) is 9.76. The number of rotatable bonds is 5. The van der Waals surface area contributed by atoms with E-state index in [2.05, 4.69) is 11.1 Å². The summed E-state index contributed by atoms with van der Waals surface area (Å²) in [5, 5.41) is 10.0. The van der Waals surface area contributed by atoms with E-state index < -0.39 is 0 Å². The van der Waals surface area contributed by atoms with E-state index in [9.17, 15) is 4.39 Å². The second-order valence-corrected chi connectivity index (χ2v) is 5.84. The van der Waals surface area contributed by atoms with Gasteiger partial charge in [0.2, 0.25) is 0 Å². The van der Waals surface area contributed by atoms with Crippen LogP contribution in [0.2, 0.25) is 0 Å². The topological polar surface area (TPSA) is 45.9 Å². The molecule has 0 unspecified atom stereocenters. The molecule has 0 radical (unpaired) electrons. The average molecular weight is 288 g/mol. The van der Waals surface area contributed by atoms with E-state index in [0.717, 1.165) is 28.4 Å². The number of benzene rings is 1. The lowest BCUT2D eigenvalue weighted by Crippen LogP contribution is -2.01. The van der Waals surface area contributed by atoms with Gasteiger partial charge < -0.3 is 4.74 Å². The standard InChI is InChI=1S/C15H13FN2OS/c16-11-3-5-12(6-4-11)19-8-7-14-18-15(10-1-2-10)13(9-17)20-14/h3-6,10H,1-2,7-8H2. The second kappa shape index (κ2) is 5.59. The highest BCUT2D eigenvalue weighted by Crippen LogP contribution is 2.42. The van der Waals surface area contributed by atoms with Crippen molar-refractivity contribution in [3.8, 4) is 11.8 Å². The highest BCUT2D eigenvalue weighted by atomic mass is 32.1. The van der Waals surface area contributed by atoms with Gasteiger partial charge in [-0.25, -0.2) is 9.37 Å². The van der Waals surface area contributed by atoms with Gasteiger partial charge in [0.25, 0.3) is 0 Å². The Kier molecular flexibility index (Phi) is 3.66. The molecule has 1 fully saturated rings. The summed E-state index contributed by atoms with van der Waals surface area (Å²) in [4.78, 5) is 5.28. The van der Waals surface area contributed by atoms with Crippen LogP contribution in [0.25, 0.3) is 0 Å². The molecule has 5 heteroatoms. The third kappa shape index (κ3) is 2.97. The van der Waals surface area contributed by atoms with Crippen LogP contribution in [0, 0.1) is 17.1 Å². The molecule has 1 saturated carbocycles. The number of ether oxygens (including phenoxy) is 1. The summed E-state index contributed by atoms with van der Waals surface area (Å²) in [7, 11) is 0. The number of nitrogens with zero attached hydrogens (tertiary/aromatic N) is 2. The predicted molar refractivity (Wildman–Crippen MR) is 74.4 cm³/mol. The van der Waals surface area contributed by atoms with E-state index in [1.165, 1.54) is 23.5 Å². The van der Waals surface area contributed by atoms with Crippen LogP contribution in [-0.2, 0) is 6.42 Å². The van der Waals surface area contributed by atoms with Crippen LogP contribution >= 0.6 is 11.3 Å². The highest BCUT2D eigenvalue weighted by molar-refractivity contribution is 7.12. The molecule has 1 aromatic heterocycles. The van der Waals surface area contributed by atoms with Crippen molar-refractivity contribution in [1.29, 1.82) is 5.26 Å². The highest BCUT2D eigenvalue weighted by Gasteiger charge is 2.29. The fourth-order valence-corrected chi connectivity index (χ4v) is 2.91. The smallest absolute Gasteiger partial charge is 0.128 e. The van der Waals surface area contributed by atoms with Crippen LogP contribution in [0.4, 0.5) is 4.39 Å². The van der Waals surface area contributed by atoms with E-state index in [-0.39, 0.29) is 5.82 Å². The normalized spacial score (nSPS) is 14.0. The fourth-order valence-electron chi connectivity index (χ4n) is 1.99. The Bertz CT molecular complexity index is 641. The minimum atomic E-state index is -0.273. The molecule has 1 aromatic carbocycles. The van der Waals surface area contributed by atoms with Crippen LogP contribution < -0.4 is 4.74 Å². The summed E-state index contributed by atoms with van der Waals surface area (Å²) in [6.07, 6.45) is 2.96. The molecule has 0 atom stereocenters. The van der Waals surface area contributed by atoms with Crippen LogP contribution in [0.5, 0.6) is 5.75 Å². The summed E-state index contributed by atoms with van der Waals surface area (Å²) in [5.74, 6) is 0.864. The first-order valence-electron chi connectivity index (χ1n) is 6.54. The lowest BCUT2D eigenvalue weighted by atomic mass is 10.2. The molecule has 0 N–H and O–H groups in total. The molecule has 102 valence electrons. The van der Waals surface area contributed by atoms with Crippen molar-refractivity contribution in [3.63, 3.8) is 0 Å². The fraction of sp³-hybridized carbons (Fsp3) is 0.333. The molecular weight excluding hydrogens is 275 g/mol. The van der Waals surface area contributed by atoms with Gasteiger partial charge in [-0.3, -0.25) is 0 Å². The zero-order chi connectivity index (χ0) is 13.9. The van der Waals surface area contributed by atoms with Gasteiger partial charge in [-0.15, -0.1) is 11.3 Å². The quantitative estimate of drug-likeness (QED) is 0.843. The lowest BCUT2D eigenvalue weighted by molar-refractivity contribution is 0.321. The van der Waals surface area contributed by atoms with Crippen molar-refractivity contribution in [2.75, 3.05) is 6.61 Å². The third-order valence-corrected chi connectivity index (χ3v) is 4.20. The molecular formula is C15H13FN2OS. The number of thiazole rings is 1. The van der Waals surface area contributed by atoms with Gasteiger partial charge in [-0.2, -0.15) is 5.26 Å². The number of hydrogen-bond acceptors (Lipinski definition) is 4. The van der Waals surface area contributed by atoms with E-state index in [0.29, 0.717) is 24.7 Å². The van der Waals surface area contributed by atoms with E-state index in [1.54, 1.807) is 12.1 Å². The van der Waals surface area contributed by atoms with E-state index in [4.69, 9.17) is 10.00 Å². The number of nitriles is 1. The maximum absolute atomic E-state index is 12.7. The van der Waals surface area contributed by atoms with Crippen molar-refractivity contribution in [3.05, 3.63) is 45.7 Å². The van der Waals surface area contributed by atoms with Gasteiger partial charge in [0.15, 0.2) is 0 Å². The average Bonchev–Trinajstić information content (AvgIpc) is 3.22. The second-order valence-electron chi connectivity index (χ2n) is 4.76. The van der Waals surface area contributed by atoms with Crippen LogP contribution in [-0.4, -0.2) is 11.6 Å². The Morgan fingerprint density at radius 1 is 1.35 bits per heavy atom. The Hall–Kier alpha value is -1.93. The molecule has 0 amide bonds. The van der Waals surface area contributed by atoms with Crippen molar-refractivity contribution < 1.29 is 9.13 Å². The summed E-state index contributed by atoms with van der Waals surface area (Å²) in [5.41, 5.74) is 0.967. The van der Waals surface area contributed by atoms with Crippen molar-refractivity contribution in [1.82, 2.24) is 4.98 Å².